The first-order chi connectivity index (χ1) is 9.01. The topological polar surface area (TPSA) is 60.5 Å². The smallest absolute Gasteiger partial charge is 0.251 e. The van der Waals surface area contributed by atoms with Crippen molar-refractivity contribution in [1.29, 1.82) is 0 Å². The normalized spacial score (nSPS) is 12.5. The summed E-state index contributed by atoms with van der Waals surface area (Å²) in [5.74, 6) is -0.231. The first kappa shape index (κ1) is 15.9. The Labute approximate surface area is 118 Å². The van der Waals surface area contributed by atoms with Crippen molar-refractivity contribution in [3.8, 4) is 0 Å². The maximum absolute atomic E-state index is 12.1. The number of nitrogens with zero attached hydrogens (tertiary/aromatic N) is 1. The van der Waals surface area contributed by atoms with Crippen molar-refractivity contribution in [3.05, 3.63) is 28.5 Å². The summed E-state index contributed by atoms with van der Waals surface area (Å²) in [7, 11) is 3.05. The van der Waals surface area contributed by atoms with Crippen molar-refractivity contribution >= 4 is 17.5 Å². The van der Waals surface area contributed by atoms with E-state index in [9.17, 15) is 4.79 Å². The summed E-state index contributed by atoms with van der Waals surface area (Å²) < 4.78 is 10.2. The fourth-order valence-electron chi connectivity index (χ4n) is 1.73. The zero-order chi connectivity index (χ0) is 14.4. The number of aromatic nitrogens is 1. The molecule has 1 rings (SSSR count). The summed E-state index contributed by atoms with van der Waals surface area (Å²) in [4.78, 5) is 16.2. The van der Waals surface area contributed by atoms with Crippen LogP contribution in [0.3, 0.4) is 0 Å². The van der Waals surface area contributed by atoms with Crippen LogP contribution in [0.1, 0.15) is 29.9 Å². The number of rotatable bonds is 6. The molecule has 0 aliphatic heterocycles. The highest BCUT2D eigenvalue weighted by atomic mass is 35.5. The van der Waals surface area contributed by atoms with E-state index in [0.29, 0.717) is 10.7 Å². The van der Waals surface area contributed by atoms with Crippen LogP contribution in [0.15, 0.2) is 12.1 Å². The lowest BCUT2D eigenvalue weighted by Gasteiger charge is -2.22. The zero-order valence-electron chi connectivity index (χ0n) is 11.6. The van der Waals surface area contributed by atoms with Gasteiger partial charge in [-0.1, -0.05) is 18.5 Å². The van der Waals surface area contributed by atoms with Crippen LogP contribution in [0, 0.1) is 0 Å². The molecule has 5 nitrogen and oxygen atoms in total. The van der Waals surface area contributed by atoms with Gasteiger partial charge in [0.05, 0.1) is 6.04 Å². The minimum absolute atomic E-state index is 0.231. The molecule has 1 N–H and O–H groups in total. The Kier molecular flexibility index (Phi) is 6.21. The van der Waals surface area contributed by atoms with Crippen LogP contribution in [-0.4, -0.2) is 37.4 Å². The second kappa shape index (κ2) is 7.43. The van der Waals surface area contributed by atoms with Gasteiger partial charge in [-0.15, -0.1) is 0 Å². The quantitative estimate of drug-likeness (QED) is 0.642. The number of carbonyl (C=O) groups is 1. The molecule has 0 radical (unpaired) electrons. The molecule has 1 aromatic rings. The molecule has 1 atom stereocenters. The van der Waals surface area contributed by atoms with Crippen molar-refractivity contribution in [2.45, 2.75) is 32.6 Å². The van der Waals surface area contributed by atoms with Gasteiger partial charge in [0.1, 0.15) is 5.15 Å². The van der Waals surface area contributed by atoms with Crippen LogP contribution in [0.5, 0.6) is 0 Å². The standard InChI is InChI=1S/C13H19ClN2O3/c1-5-10-6-9(7-11(14)16-10)12(17)15-8(2)13(18-3)19-4/h6-8,13H,5H2,1-4H3,(H,15,17). The van der Waals surface area contributed by atoms with Gasteiger partial charge in [0.25, 0.3) is 5.91 Å². The van der Waals surface area contributed by atoms with E-state index in [4.69, 9.17) is 21.1 Å². The summed E-state index contributed by atoms with van der Waals surface area (Å²) in [6.07, 6.45) is 0.224. The Morgan fingerprint density at radius 3 is 2.58 bits per heavy atom. The van der Waals surface area contributed by atoms with Crippen LogP contribution >= 0.6 is 11.6 Å². The Bertz CT molecular complexity index is 436. The highest BCUT2D eigenvalue weighted by Crippen LogP contribution is 2.12. The molecule has 1 amide bonds. The molecule has 0 saturated carbocycles. The molecule has 1 heterocycles. The van der Waals surface area contributed by atoms with Gasteiger partial charge in [-0.05, 0) is 25.5 Å². The van der Waals surface area contributed by atoms with Crippen molar-refractivity contribution in [2.75, 3.05) is 14.2 Å². The predicted molar refractivity (Wildman–Crippen MR) is 73.4 cm³/mol. The van der Waals surface area contributed by atoms with Gasteiger partial charge in [-0.3, -0.25) is 4.79 Å². The molecular weight excluding hydrogens is 268 g/mol. The minimum atomic E-state index is -0.494. The van der Waals surface area contributed by atoms with Crippen LogP contribution in [0.4, 0.5) is 0 Å². The van der Waals surface area contributed by atoms with E-state index in [2.05, 4.69) is 10.3 Å². The molecule has 0 bridgehead atoms. The Hall–Kier alpha value is -1.17. The molecule has 0 saturated heterocycles. The van der Waals surface area contributed by atoms with Gasteiger partial charge >= 0.3 is 0 Å². The van der Waals surface area contributed by atoms with Crippen LogP contribution in [-0.2, 0) is 15.9 Å². The fraction of sp³-hybridized carbons (Fsp3) is 0.538. The lowest BCUT2D eigenvalue weighted by atomic mass is 10.2. The van der Waals surface area contributed by atoms with E-state index in [1.165, 1.54) is 20.3 Å². The van der Waals surface area contributed by atoms with Crippen molar-refractivity contribution in [1.82, 2.24) is 10.3 Å². The number of aryl methyl sites for hydroxylation is 1. The number of carbonyl (C=O) groups excluding carboxylic acids is 1. The number of ether oxygens (including phenoxy) is 2. The molecule has 0 aromatic carbocycles. The zero-order valence-corrected chi connectivity index (χ0v) is 12.3. The van der Waals surface area contributed by atoms with Gasteiger partial charge in [0, 0.05) is 25.5 Å². The lowest BCUT2D eigenvalue weighted by Crippen LogP contribution is -2.43. The van der Waals surface area contributed by atoms with Gasteiger partial charge < -0.3 is 14.8 Å². The number of amides is 1. The minimum Gasteiger partial charge on any atom is -0.354 e. The Morgan fingerprint density at radius 1 is 1.42 bits per heavy atom. The summed E-state index contributed by atoms with van der Waals surface area (Å²) in [5.41, 5.74) is 1.26. The summed E-state index contributed by atoms with van der Waals surface area (Å²) in [6.45, 7) is 3.76. The van der Waals surface area contributed by atoms with Gasteiger partial charge in [-0.25, -0.2) is 4.98 Å². The highest BCUT2D eigenvalue weighted by molar-refractivity contribution is 6.29. The van der Waals surface area contributed by atoms with Crippen molar-refractivity contribution in [2.24, 2.45) is 0 Å². The van der Waals surface area contributed by atoms with E-state index in [0.717, 1.165) is 12.1 Å². The van der Waals surface area contributed by atoms with E-state index >= 15 is 0 Å². The third kappa shape index (κ3) is 4.45. The van der Waals surface area contributed by atoms with Crippen LogP contribution in [0.25, 0.3) is 0 Å². The third-order valence-electron chi connectivity index (χ3n) is 2.70. The molecule has 1 unspecified atom stereocenters. The van der Waals surface area contributed by atoms with Gasteiger partial charge in [-0.2, -0.15) is 0 Å². The molecule has 0 aliphatic carbocycles. The van der Waals surface area contributed by atoms with Crippen molar-refractivity contribution < 1.29 is 14.3 Å². The molecule has 0 spiro atoms. The molecule has 1 aromatic heterocycles. The highest BCUT2D eigenvalue weighted by Gasteiger charge is 2.19. The maximum atomic E-state index is 12.1. The van der Waals surface area contributed by atoms with Crippen LogP contribution in [0.2, 0.25) is 5.15 Å². The SMILES string of the molecule is CCc1cc(C(=O)NC(C)C(OC)OC)cc(Cl)n1. The number of hydrogen-bond donors (Lipinski definition) is 1. The van der Waals surface area contributed by atoms with E-state index in [1.807, 2.05) is 6.92 Å². The Balaban J connectivity index is 2.80. The number of methoxy groups -OCH3 is 2. The molecule has 106 valence electrons. The van der Waals surface area contributed by atoms with Gasteiger partial charge in [0.15, 0.2) is 6.29 Å². The summed E-state index contributed by atoms with van der Waals surface area (Å²) in [5, 5.41) is 3.11. The average Bonchev–Trinajstić information content (AvgIpc) is 2.39. The van der Waals surface area contributed by atoms with Crippen molar-refractivity contribution in [3.63, 3.8) is 0 Å². The van der Waals surface area contributed by atoms with E-state index in [1.54, 1.807) is 13.0 Å². The number of nitrogens with one attached hydrogen (secondary N) is 1. The molecular formula is C13H19ClN2O3. The summed E-state index contributed by atoms with van der Waals surface area (Å²) >= 11 is 5.89. The largest absolute Gasteiger partial charge is 0.354 e. The lowest BCUT2D eigenvalue weighted by molar-refractivity contribution is -0.117. The second-order valence-corrected chi connectivity index (χ2v) is 4.51. The number of pyridine rings is 1. The average molecular weight is 287 g/mol. The first-order valence-electron chi connectivity index (χ1n) is 6.04. The number of hydrogen-bond acceptors (Lipinski definition) is 4. The predicted octanol–water partition coefficient (Wildman–Crippen LogP) is 2.03. The third-order valence-corrected chi connectivity index (χ3v) is 2.90. The molecule has 0 aliphatic rings. The summed E-state index contributed by atoms with van der Waals surface area (Å²) in [6, 6.07) is 2.99. The van der Waals surface area contributed by atoms with Crippen LogP contribution < -0.4 is 5.32 Å². The monoisotopic (exact) mass is 286 g/mol. The fourth-order valence-corrected chi connectivity index (χ4v) is 1.95. The van der Waals surface area contributed by atoms with E-state index < -0.39 is 6.29 Å². The molecule has 6 heteroatoms. The first-order valence-corrected chi connectivity index (χ1v) is 6.42. The Morgan fingerprint density at radius 2 is 2.05 bits per heavy atom. The second-order valence-electron chi connectivity index (χ2n) is 4.13. The maximum Gasteiger partial charge on any atom is 0.251 e. The van der Waals surface area contributed by atoms with E-state index in [-0.39, 0.29) is 11.9 Å². The number of halogens is 1. The van der Waals surface area contributed by atoms with Gasteiger partial charge in [0.2, 0.25) is 0 Å². The molecule has 19 heavy (non-hydrogen) atoms. The molecule has 0 fully saturated rings.